The number of nitrogens with one attached hydrogen (secondary N) is 1. The van der Waals surface area contributed by atoms with E-state index in [1.165, 1.54) is 4.90 Å². The molecule has 7 nitrogen and oxygen atoms in total. The Balaban J connectivity index is 1.79. The smallest absolute Gasteiger partial charge is 0.317 e. The van der Waals surface area contributed by atoms with Crippen LogP contribution in [0.2, 0.25) is 0 Å². The van der Waals surface area contributed by atoms with Crippen LogP contribution in [0.15, 0.2) is 24.3 Å². The summed E-state index contributed by atoms with van der Waals surface area (Å²) < 4.78 is 11.3. The minimum absolute atomic E-state index is 0.101. The molecular weight excluding hydrogens is 276 g/mol. The molecule has 0 radical (unpaired) electrons. The fourth-order valence-corrected chi connectivity index (χ4v) is 1.95. The summed E-state index contributed by atoms with van der Waals surface area (Å²) in [6.45, 7) is 0.820. The maximum absolute atomic E-state index is 11.8. The van der Waals surface area contributed by atoms with Gasteiger partial charge >= 0.3 is 12.0 Å². The average molecular weight is 294 g/mol. The van der Waals surface area contributed by atoms with E-state index in [2.05, 4.69) is 5.32 Å². The van der Waals surface area contributed by atoms with Crippen molar-refractivity contribution < 1.29 is 24.2 Å². The van der Waals surface area contributed by atoms with Crippen LogP contribution in [0.4, 0.5) is 4.79 Å². The van der Waals surface area contributed by atoms with Crippen molar-refractivity contribution in [1.82, 2.24) is 10.2 Å². The summed E-state index contributed by atoms with van der Waals surface area (Å²) in [7, 11) is 1.62. The minimum Gasteiger partial charge on any atom is -0.486 e. The second-order valence-electron chi connectivity index (χ2n) is 4.75. The van der Waals surface area contributed by atoms with Gasteiger partial charge in [-0.1, -0.05) is 12.1 Å². The Hall–Kier alpha value is -2.44. The SMILES string of the molecule is CN(CC1COc2ccccc2O1)C(=O)NCCC(=O)O. The highest BCUT2D eigenvalue weighted by atomic mass is 16.6. The number of carbonyl (C=O) groups excluding carboxylic acids is 1. The number of carboxylic acid groups (broad SMARTS) is 1. The number of fused-ring (bicyclic) bond motifs is 1. The number of benzene rings is 1. The van der Waals surface area contributed by atoms with Gasteiger partial charge in [0.25, 0.3) is 0 Å². The predicted molar refractivity (Wildman–Crippen MR) is 74.6 cm³/mol. The third-order valence-corrected chi connectivity index (χ3v) is 3.01. The number of carbonyl (C=O) groups is 2. The van der Waals surface area contributed by atoms with Gasteiger partial charge in [0.2, 0.25) is 0 Å². The molecule has 0 spiro atoms. The highest BCUT2D eigenvalue weighted by Gasteiger charge is 2.23. The van der Waals surface area contributed by atoms with E-state index in [0.717, 1.165) is 0 Å². The molecule has 2 rings (SSSR count). The van der Waals surface area contributed by atoms with Gasteiger partial charge in [-0.05, 0) is 12.1 Å². The van der Waals surface area contributed by atoms with Crippen LogP contribution in [0, 0.1) is 0 Å². The molecule has 0 saturated carbocycles. The molecule has 1 heterocycles. The van der Waals surface area contributed by atoms with Gasteiger partial charge < -0.3 is 24.8 Å². The number of urea groups is 1. The zero-order valence-electron chi connectivity index (χ0n) is 11.7. The highest BCUT2D eigenvalue weighted by Crippen LogP contribution is 2.30. The lowest BCUT2D eigenvalue weighted by atomic mass is 10.2. The van der Waals surface area contributed by atoms with E-state index >= 15 is 0 Å². The molecule has 1 atom stereocenters. The molecule has 1 aromatic carbocycles. The Morgan fingerprint density at radius 3 is 2.81 bits per heavy atom. The van der Waals surface area contributed by atoms with Crippen molar-refractivity contribution in [1.29, 1.82) is 0 Å². The second kappa shape index (κ2) is 6.83. The summed E-state index contributed by atoms with van der Waals surface area (Å²) in [5.41, 5.74) is 0. The van der Waals surface area contributed by atoms with Gasteiger partial charge in [-0.3, -0.25) is 4.79 Å². The minimum atomic E-state index is -0.946. The molecule has 7 heteroatoms. The fourth-order valence-electron chi connectivity index (χ4n) is 1.95. The molecule has 1 aliphatic rings. The molecule has 0 saturated heterocycles. The third kappa shape index (κ3) is 4.27. The summed E-state index contributed by atoms with van der Waals surface area (Å²) in [5, 5.41) is 11.0. The normalized spacial score (nSPS) is 16.1. The van der Waals surface area contributed by atoms with Crippen LogP contribution in [-0.2, 0) is 4.79 Å². The van der Waals surface area contributed by atoms with Crippen LogP contribution in [0.3, 0.4) is 0 Å². The number of hydrogen-bond acceptors (Lipinski definition) is 4. The van der Waals surface area contributed by atoms with E-state index < -0.39 is 5.97 Å². The van der Waals surface area contributed by atoms with E-state index in [4.69, 9.17) is 14.6 Å². The Labute approximate surface area is 122 Å². The number of ether oxygens (including phenoxy) is 2. The van der Waals surface area contributed by atoms with Crippen molar-refractivity contribution in [2.24, 2.45) is 0 Å². The first-order valence-corrected chi connectivity index (χ1v) is 6.65. The van der Waals surface area contributed by atoms with Gasteiger partial charge in [0, 0.05) is 13.6 Å². The van der Waals surface area contributed by atoms with Gasteiger partial charge in [0.15, 0.2) is 17.6 Å². The molecule has 1 unspecified atom stereocenters. The van der Waals surface area contributed by atoms with Crippen LogP contribution in [0.25, 0.3) is 0 Å². The summed E-state index contributed by atoms with van der Waals surface area (Å²) in [6.07, 6.45) is -0.356. The number of para-hydroxylation sites is 2. The number of aliphatic carboxylic acids is 1. The number of hydrogen-bond donors (Lipinski definition) is 2. The standard InChI is InChI=1S/C14H18N2O5/c1-16(14(19)15-7-6-13(17)18)8-10-9-20-11-4-2-3-5-12(11)21-10/h2-5,10H,6-9H2,1H3,(H,15,19)(H,17,18). The maximum atomic E-state index is 11.8. The van der Waals surface area contributed by atoms with Gasteiger partial charge in [-0.2, -0.15) is 0 Å². The van der Waals surface area contributed by atoms with E-state index in [0.29, 0.717) is 24.7 Å². The molecule has 2 amide bonds. The van der Waals surface area contributed by atoms with Gasteiger partial charge in [0.1, 0.15) is 6.61 Å². The largest absolute Gasteiger partial charge is 0.486 e. The maximum Gasteiger partial charge on any atom is 0.317 e. The molecule has 1 aromatic rings. The molecule has 0 aliphatic carbocycles. The predicted octanol–water partition coefficient (Wildman–Crippen LogP) is 0.942. The van der Waals surface area contributed by atoms with Crippen LogP contribution >= 0.6 is 0 Å². The van der Waals surface area contributed by atoms with Gasteiger partial charge in [-0.25, -0.2) is 4.79 Å². The lowest BCUT2D eigenvalue weighted by molar-refractivity contribution is -0.136. The first-order valence-electron chi connectivity index (χ1n) is 6.65. The van der Waals surface area contributed by atoms with E-state index in [1.807, 2.05) is 24.3 Å². The lowest BCUT2D eigenvalue weighted by Crippen LogP contribution is -2.45. The summed E-state index contributed by atoms with van der Waals surface area (Å²) >= 11 is 0. The van der Waals surface area contributed by atoms with Crippen LogP contribution in [0.1, 0.15) is 6.42 Å². The summed E-state index contributed by atoms with van der Waals surface area (Å²) in [4.78, 5) is 23.6. The van der Waals surface area contributed by atoms with Crippen molar-refractivity contribution >= 4 is 12.0 Å². The van der Waals surface area contributed by atoms with Crippen molar-refractivity contribution in [3.05, 3.63) is 24.3 Å². The van der Waals surface area contributed by atoms with Crippen molar-refractivity contribution in [3.8, 4) is 11.5 Å². The molecule has 114 valence electrons. The Morgan fingerprint density at radius 2 is 2.10 bits per heavy atom. The fraction of sp³-hybridized carbons (Fsp3) is 0.429. The number of nitrogens with zero attached hydrogens (tertiary/aromatic N) is 1. The summed E-state index contributed by atoms with van der Waals surface area (Å²) in [6, 6.07) is 7.03. The number of carboxylic acids is 1. The van der Waals surface area contributed by atoms with Crippen LogP contribution in [-0.4, -0.2) is 54.9 Å². The molecule has 2 N–H and O–H groups in total. The molecule has 21 heavy (non-hydrogen) atoms. The number of likely N-dealkylation sites (N-methyl/N-ethyl adjacent to an activating group) is 1. The monoisotopic (exact) mass is 294 g/mol. The topological polar surface area (TPSA) is 88.1 Å². The van der Waals surface area contributed by atoms with E-state index in [9.17, 15) is 9.59 Å². The summed E-state index contributed by atoms with van der Waals surface area (Å²) in [5.74, 6) is 0.411. The van der Waals surface area contributed by atoms with E-state index in [-0.39, 0.29) is 25.1 Å². The quantitative estimate of drug-likeness (QED) is 0.844. The highest BCUT2D eigenvalue weighted by molar-refractivity contribution is 5.75. The van der Waals surface area contributed by atoms with Crippen molar-refractivity contribution in [2.75, 3.05) is 26.7 Å². The number of amides is 2. The molecule has 0 bridgehead atoms. The Bertz CT molecular complexity index is 520. The van der Waals surface area contributed by atoms with Crippen LogP contribution < -0.4 is 14.8 Å². The van der Waals surface area contributed by atoms with E-state index in [1.54, 1.807) is 7.05 Å². The van der Waals surface area contributed by atoms with Crippen molar-refractivity contribution in [3.63, 3.8) is 0 Å². The molecular formula is C14H18N2O5. The first kappa shape index (κ1) is 15.0. The molecule has 1 aliphatic heterocycles. The Morgan fingerprint density at radius 1 is 1.38 bits per heavy atom. The second-order valence-corrected chi connectivity index (χ2v) is 4.75. The van der Waals surface area contributed by atoms with Gasteiger partial charge in [-0.15, -0.1) is 0 Å². The van der Waals surface area contributed by atoms with Crippen LogP contribution in [0.5, 0.6) is 11.5 Å². The third-order valence-electron chi connectivity index (χ3n) is 3.01. The first-order chi connectivity index (χ1) is 10.1. The molecule has 0 fully saturated rings. The van der Waals surface area contributed by atoms with Crippen molar-refractivity contribution in [2.45, 2.75) is 12.5 Å². The Kier molecular flexibility index (Phi) is 4.86. The molecule has 0 aromatic heterocycles. The lowest BCUT2D eigenvalue weighted by Gasteiger charge is -2.29. The van der Waals surface area contributed by atoms with Gasteiger partial charge in [0.05, 0.1) is 13.0 Å². The average Bonchev–Trinajstić information content (AvgIpc) is 2.46. The zero-order chi connectivity index (χ0) is 15.2. The zero-order valence-corrected chi connectivity index (χ0v) is 11.7. The number of rotatable bonds is 5.